The van der Waals surface area contributed by atoms with Crippen LogP contribution in [-0.2, 0) is 9.59 Å². The van der Waals surface area contributed by atoms with Gasteiger partial charge < -0.3 is 10.6 Å². The second-order valence-electron chi connectivity index (χ2n) is 7.49. The summed E-state index contributed by atoms with van der Waals surface area (Å²) in [6.45, 7) is 4.02. The number of nitrogens with one attached hydrogen (secondary N) is 2. The smallest absolute Gasteiger partial charge is 0.227 e. The van der Waals surface area contributed by atoms with Gasteiger partial charge in [-0.1, -0.05) is 12.1 Å². The summed E-state index contributed by atoms with van der Waals surface area (Å²) >= 11 is 7.00. The number of carbonyl (C=O) groups excluding carboxylic acids is 2. The van der Waals surface area contributed by atoms with Crippen molar-refractivity contribution in [1.82, 2.24) is 0 Å². The molecule has 148 valence electrons. The van der Waals surface area contributed by atoms with Gasteiger partial charge in [-0.3, -0.25) is 9.59 Å². The Labute approximate surface area is 182 Å². The van der Waals surface area contributed by atoms with Gasteiger partial charge in [-0.25, -0.2) is 0 Å². The molecule has 2 aromatic rings. The highest BCUT2D eigenvalue weighted by Gasteiger charge is 2.30. The average Bonchev–Trinajstić information content (AvgIpc) is 2.66. The highest BCUT2D eigenvalue weighted by atomic mass is 79.9. The zero-order valence-electron chi connectivity index (χ0n) is 16.0. The van der Waals surface area contributed by atoms with Crippen LogP contribution in [0.25, 0.3) is 0 Å². The van der Waals surface area contributed by atoms with Gasteiger partial charge in [-0.2, -0.15) is 0 Å². The van der Waals surface area contributed by atoms with Crippen LogP contribution in [0.3, 0.4) is 0 Å². The topological polar surface area (TPSA) is 58.2 Å². The van der Waals surface area contributed by atoms with Crippen LogP contribution in [0.2, 0.25) is 0 Å². The molecule has 1 aliphatic carbocycles. The molecule has 1 fully saturated rings. The number of hydrogen-bond donors (Lipinski definition) is 2. The number of rotatable bonds is 4. The van der Waals surface area contributed by atoms with Crippen LogP contribution in [-0.4, -0.2) is 11.8 Å². The third-order valence-corrected chi connectivity index (χ3v) is 6.55. The maximum absolute atomic E-state index is 12.6. The van der Waals surface area contributed by atoms with Crippen LogP contribution < -0.4 is 10.6 Å². The van der Waals surface area contributed by atoms with Crippen molar-refractivity contribution in [1.29, 1.82) is 0 Å². The highest BCUT2D eigenvalue weighted by Crippen LogP contribution is 2.32. The predicted octanol–water partition coefficient (Wildman–Crippen LogP) is 6.21. The van der Waals surface area contributed by atoms with Gasteiger partial charge in [0.2, 0.25) is 11.8 Å². The van der Waals surface area contributed by atoms with Crippen molar-refractivity contribution in [3.63, 3.8) is 0 Å². The maximum atomic E-state index is 12.6. The van der Waals surface area contributed by atoms with E-state index < -0.39 is 0 Å². The highest BCUT2D eigenvalue weighted by molar-refractivity contribution is 9.11. The first-order chi connectivity index (χ1) is 13.3. The molecular weight excluding hydrogens is 484 g/mol. The maximum Gasteiger partial charge on any atom is 0.227 e. The Kier molecular flexibility index (Phi) is 6.94. The fraction of sp³-hybridized carbons (Fsp3) is 0.364. The third-order valence-electron chi connectivity index (χ3n) is 5.23. The van der Waals surface area contributed by atoms with Crippen molar-refractivity contribution in [2.24, 2.45) is 11.8 Å². The van der Waals surface area contributed by atoms with Crippen molar-refractivity contribution in [2.45, 2.75) is 39.5 Å². The molecule has 0 radical (unpaired) electrons. The van der Waals surface area contributed by atoms with E-state index >= 15 is 0 Å². The molecule has 0 heterocycles. The first-order valence-corrected chi connectivity index (χ1v) is 11.1. The molecule has 0 aliphatic heterocycles. The van der Waals surface area contributed by atoms with Crippen LogP contribution in [0, 0.1) is 25.7 Å². The van der Waals surface area contributed by atoms with Crippen molar-refractivity contribution in [3.8, 4) is 0 Å². The number of carbonyl (C=O) groups is 2. The van der Waals surface area contributed by atoms with Gasteiger partial charge in [0.15, 0.2) is 0 Å². The van der Waals surface area contributed by atoms with Crippen LogP contribution in [0.15, 0.2) is 45.3 Å². The largest absolute Gasteiger partial charge is 0.325 e. The minimum Gasteiger partial charge on any atom is -0.325 e. The molecule has 2 aromatic carbocycles. The van der Waals surface area contributed by atoms with Gasteiger partial charge in [0.1, 0.15) is 0 Å². The number of aryl methyl sites for hydroxylation is 2. The molecular formula is C22H24Br2N2O2. The molecule has 0 atom stereocenters. The number of amides is 2. The van der Waals surface area contributed by atoms with Crippen molar-refractivity contribution in [2.75, 3.05) is 10.6 Å². The molecule has 6 heteroatoms. The molecule has 2 amide bonds. The molecule has 0 spiro atoms. The zero-order chi connectivity index (χ0) is 20.3. The molecule has 3 rings (SSSR count). The lowest BCUT2D eigenvalue weighted by Gasteiger charge is -2.27. The predicted molar refractivity (Wildman–Crippen MR) is 120 cm³/mol. The summed E-state index contributed by atoms with van der Waals surface area (Å²) in [5.74, 6) is -0.0406. The second kappa shape index (κ2) is 9.23. The summed E-state index contributed by atoms with van der Waals surface area (Å²) in [6, 6.07) is 11.8. The molecule has 0 bridgehead atoms. The molecule has 0 aromatic heterocycles. The molecule has 1 aliphatic rings. The Bertz CT molecular complexity index is 817. The first-order valence-electron chi connectivity index (χ1n) is 9.47. The standard InChI is InChI=1S/C22H24Br2N2O2/c1-13-3-9-19(17(23)11-13)25-21(27)15-5-7-16(8-6-15)22(28)26-20-10-4-14(2)12-18(20)24/h3-4,9-12,15-16H,5-8H2,1-2H3,(H,25,27)(H,26,28). The Morgan fingerprint density at radius 2 is 1.11 bits per heavy atom. The molecule has 0 unspecified atom stereocenters. The van der Waals surface area contributed by atoms with E-state index in [0.717, 1.165) is 57.1 Å². The Hall–Kier alpha value is -1.66. The Morgan fingerprint density at radius 3 is 1.43 bits per heavy atom. The summed E-state index contributed by atoms with van der Waals surface area (Å²) < 4.78 is 1.77. The van der Waals surface area contributed by atoms with Crippen molar-refractivity contribution < 1.29 is 9.59 Å². The molecule has 4 nitrogen and oxygen atoms in total. The first kappa shape index (κ1) is 21.1. The van der Waals surface area contributed by atoms with Crippen LogP contribution in [0.5, 0.6) is 0 Å². The van der Waals surface area contributed by atoms with E-state index in [1.807, 2.05) is 50.2 Å². The normalized spacial score (nSPS) is 19.1. The minimum atomic E-state index is -0.0524. The van der Waals surface area contributed by atoms with E-state index in [9.17, 15) is 9.59 Å². The van der Waals surface area contributed by atoms with E-state index in [1.165, 1.54) is 0 Å². The van der Waals surface area contributed by atoms with E-state index in [0.29, 0.717) is 0 Å². The molecule has 2 N–H and O–H groups in total. The number of benzene rings is 2. The van der Waals surface area contributed by atoms with Crippen molar-refractivity contribution in [3.05, 3.63) is 56.5 Å². The SMILES string of the molecule is Cc1ccc(NC(=O)C2CCC(C(=O)Nc3ccc(C)cc3Br)CC2)c(Br)c1. The zero-order valence-corrected chi connectivity index (χ0v) is 19.2. The summed E-state index contributed by atoms with van der Waals surface area (Å²) in [4.78, 5) is 25.2. The number of anilines is 2. The van der Waals surface area contributed by atoms with E-state index in [4.69, 9.17) is 0 Å². The Morgan fingerprint density at radius 1 is 0.750 bits per heavy atom. The number of hydrogen-bond acceptors (Lipinski definition) is 2. The molecule has 1 saturated carbocycles. The number of halogens is 2. The molecule has 28 heavy (non-hydrogen) atoms. The van der Waals surface area contributed by atoms with Crippen LogP contribution in [0.1, 0.15) is 36.8 Å². The average molecular weight is 508 g/mol. The van der Waals surface area contributed by atoms with Crippen LogP contribution in [0.4, 0.5) is 11.4 Å². The fourth-order valence-corrected chi connectivity index (χ4v) is 4.72. The lowest BCUT2D eigenvalue weighted by Crippen LogP contribution is -2.32. The summed E-state index contributed by atoms with van der Waals surface area (Å²) in [6.07, 6.45) is 2.90. The second-order valence-corrected chi connectivity index (χ2v) is 9.20. The monoisotopic (exact) mass is 506 g/mol. The minimum absolute atomic E-state index is 0.0321. The fourth-order valence-electron chi connectivity index (χ4n) is 3.53. The van der Waals surface area contributed by atoms with E-state index in [2.05, 4.69) is 42.5 Å². The van der Waals surface area contributed by atoms with Gasteiger partial charge in [0, 0.05) is 20.8 Å². The van der Waals surface area contributed by atoms with E-state index in [1.54, 1.807) is 0 Å². The summed E-state index contributed by atoms with van der Waals surface area (Å²) in [5.41, 5.74) is 3.85. The Balaban J connectivity index is 1.53. The molecule has 0 saturated heterocycles. The van der Waals surface area contributed by atoms with Gasteiger partial charge in [-0.05, 0) is 107 Å². The van der Waals surface area contributed by atoms with Crippen molar-refractivity contribution >= 4 is 55.0 Å². The lowest BCUT2D eigenvalue weighted by atomic mass is 9.81. The third kappa shape index (κ3) is 5.23. The van der Waals surface area contributed by atoms with Gasteiger partial charge in [0.05, 0.1) is 11.4 Å². The summed E-state index contributed by atoms with van der Waals surface area (Å²) in [7, 11) is 0. The summed E-state index contributed by atoms with van der Waals surface area (Å²) in [5, 5.41) is 6.02. The van der Waals surface area contributed by atoms with Crippen LogP contribution >= 0.6 is 31.9 Å². The van der Waals surface area contributed by atoms with Gasteiger partial charge >= 0.3 is 0 Å². The van der Waals surface area contributed by atoms with E-state index in [-0.39, 0.29) is 23.7 Å². The lowest BCUT2D eigenvalue weighted by molar-refractivity contribution is -0.125. The van der Waals surface area contributed by atoms with Gasteiger partial charge in [0.25, 0.3) is 0 Å². The van der Waals surface area contributed by atoms with Gasteiger partial charge in [-0.15, -0.1) is 0 Å². The quantitative estimate of drug-likeness (QED) is 0.516.